The first kappa shape index (κ1) is 9.50. The number of thiophene rings is 1. The molecule has 2 aromatic rings. The fourth-order valence-electron chi connectivity index (χ4n) is 1.30. The summed E-state index contributed by atoms with van der Waals surface area (Å²) in [6.45, 7) is 0. The minimum Gasteiger partial charge on any atom is -0.207 e. The molecule has 70 valence electrons. The van der Waals surface area contributed by atoms with E-state index in [0.29, 0.717) is 5.56 Å². The van der Waals surface area contributed by atoms with Crippen LogP contribution >= 0.6 is 23.1 Å². The Morgan fingerprint density at radius 3 is 2.93 bits per heavy atom. The molecule has 1 aromatic heterocycles. The molecule has 14 heavy (non-hydrogen) atoms. The van der Waals surface area contributed by atoms with Crippen molar-refractivity contribution in [2.24, 2.45) is 0 Å². The molecule has 0 unspecified atom stereocenters. The smallest absolute Gasteiger partial charge is 0.124 e. The van der Waals surface area contributed by atoms with Crippen LogP contribution in [0.25, 0.3) is 10.1 Å². The van der Waals surface area contributed by atoms with Crippen molar-refractivity contribution < 1.29 is 4.39 Å². The molecule has 0 saturated heterocycles. The van der Waals surface area contributed by atoms with Gasteiger partial charge in [-0.05, 0) is 24.5 Å². The number of halogens is 1. The molecule has 1 nitrogen and oxygen atoms in total. The molecular weight excluding hydrogens is 217 g/mol. The van der Waals surface area contributed by atoms with Crippen LogP contribution in [0.3, 0.4) is 0 Å². The van der Waals surface area contributed by atoms with Gasteiger partial charge in [0.1, 0.15) is 11.9 Å². The van der Waals surface area contributed by atoms with Crippen molar-refractivity contribution in [3.63, 3.8) is 0 Å². The van der Waals surface area contributed by atoms with E-state index < -0.39 is 0 Å². The summed E-state index contributed by atoms with van der Waals surface area (Å²) in [5, 5.41) is 9.81. The second-order valence-electron chi connectivity index (χ2n) is 2.72. The molecule has 0 amide bonds. The molecule has 2 rings (SSSR count). The molecule has 0 spiro atoms. The molecule has 0 radical (unpaired) electrons. The Kier molecular flexibility index (Phi) is 2.44. The van der Waals surface area contributed by atoms with Crippen molar-refractivity contribution in [1.82, 2.24) is 0 Å². The predicted molar refractivity (Wildman–Crippen MR) is 58.3 cm³/mol. The number of thioether (sulfide) groups is 1. The first-order valence-electron chi connectivity index (χ1n) is 3.92. The lowest BCUT2D eigenvalue weighted by molar-refractivity contribution is 0.630. The number of nitriles is 1. The molecule has 0 aliphatic heterocycles. The summed E-state index contributed by atoms with van der Waals surface area (Å²) < 4.78 is 14.7. The molecule has 0 N–H and O–H groups in total. The first-order chi connectivity index (χ1) is 6.76. The lowest BCUT2D eigenvalue weighted by Gasteiger charge is -1.89. The summed E-state index contributed by atoms with van der Waals surface area (Å²) in [4.78, 5) is 0. The van der Waals surface area contributed by atoms with E-state index in [9.17, 15) is 4.39 Å². The average molecular weight is 223 g/mol. The zero-order valence-electron chi connectivity index (χ0n) is 7.37. The van der Waals surface area contributed by atoms with Gasteiger partial charge in [0.25, 0.3) is 0 Å². The number of nitrogens with zero attached hydrogens (tertiary/aromatic N) is 1. The van der Waals surface area contributed by atoms with Crippen LogP contribution in [0.1, 0.15) is 5.56 Å². The highest BCUT2D eigenvalue weighted by molar-refractivity contribution is 8.00. The predicted octanol–water partition coefficient (Wildman–Crippen LogP) is 3.63. The van der Waals surface area contributed by atoms with Gasteiger partial charge in [-0.1, -0.05) is 0 Å². The highest BCUT2D eigenvalue weighted by Gasteiger charge is 2.11. The molecule has 0 bridgehead atoms. The fraction of sp³-hybridized carbons (Fsp3) is 0.100. The van der Waals surface area contributed by atoms with Crippen LogP contribution in [0.5, 0.6) is 0 Å². The van der Waals surface area contributed by atoms with Crippen molar-refractivity contribution in [2.45, 2.75) is 4.21 Å². The Morgan fingerprint density at radius 1 is 1.50 bits per heavy atom. The maximum atomic E-state index is 12.9. The van der Waals surface area contributed by atoms with Crippen LogP contribution in [0.2, 0.25) is 0 Å². The van der Waals surface area contributed by atoms with Gasteiger partial charge in [-0.15, -0.1) is 23.1 Å². The zero-order chi connectivity index (χ0) is 10.1. The van der Waals surface area contributed by atoms with Crippen molar-refractivity contribution in [2.75, 3.05) is 6.26 Å². The second kappa shape index (κ2) is 3.60. The van der Waals surface area contributed by atoms with Gasteiger partial charge in [0, 0.05) is 10.1 Å². The number of hydrogen-bond donors (Lipinski definition) is 0. The van der Waals surface area contributed by atoms with E-state index in [-0.39, 0.29) is 5.82 Å². The summed E-state index contributed by atoms with van der Waals surface area (Å²) in [7, 11) is 0. The van der Waals surface area contributed by atoms with Crippen LogP contribution in [0.15, 0.2) is 22.4 Å². The van der Waals surface area contributed by atoms with Gasteiger partial charge >= 0.3 is 0 Å². The van der Waals surface area contributed by atoms with Crippen molar-refractivity contribution in [3.05, 3.63) is 29.6 Å². The van der Waals surface area contributed by atoms with E-state index in [1.807, 2.05) is 6.26 Å². The van der Waals surface area contributed by atoms with Gasteiger partial charge in [-0.3, -0.25) is 0 Å². The maximum Gasteiger partial charge on any atom is 0.124 e. The molecule has 4 heteroatoms. The monoisotopic (exact) mass is 223 g/mol. The largest absolute Gasteiger partial charge is 0.207 e. The highest BCUT2D eigenvalue weighted by atomic mass is 32.2. The van der Waals surface area contributed by atoms with E-state index in [2.05, 4.69) is 6.07 Å². The Labute approximate surface area is 89.2 Å². The van der Waals surface area contributed by atoms with E-state index in [0.717, 1.165) is 14.3 Å². The zero-order valence-corrected chi connectivity index (χ0v) is 9.01. The van der Waals surface area contributed by atoms with Crippen LogP contribution < -0.4 is 0 Å². The summed E-state index contributed by atoms with van der Waals surface area (Å²) in [5.74, 6) is -0.254. The summed E-state index contributed by atoms with van der Waals surface area (Å²) in [6.07, 6.45) is 1.92. The Balaban J connectivity index is 2.81. The molecule has 0 aliphatic carbocycles. The number of benzene rings is 1. The second-order valence-corrected chi connectivity index (χ2v) is 4.85. The maximum absolute atomic E-state index is 12.9. The minimum atomic E-state index is -0.254. The van der Waals surface area contributed by atoms with Crippen molar-refractivity contribution >= 4 is 33.2 Å². The fourth-order valence-corrected chi connectivity index (χ4v) is 3.17. The summed E-state index contributed by atoms with van der Waals surface area (Å²) in [5.41, 5.74) is 0.664. The summed E-state index contributed by atoms with van der Waals surface area (Å²) >= 11 is 2.99. The summed E-state index contributed by atoms with van der Waals surface area (Å²) in [6, 6.07) is 6.68. The third-order valence-corrected chi connectivity index (χ3v) is 4.19. The number of hydrogen-bond acceptors (Lipinski definition) is 3. The standard InChI is InChI=1S/C10H6FNS2/c1-13-10-8(5-12)7-3-2-6(11)4-9(7)14-10/h2-4H,1H3. The molecule has 1 heterocycles. The third-order valence-electron chi connectivity index (χ3n) is 1.92. The van der Waals surface area contributed by atoms with E-state index in [4.69, 9.17) is 5.26 Å². The van der Waals surface area contributed by atoms with Gasteiger partial charge in [0.15, 0.2) is 0 Å². The Hall–Kier alpha value is -1.05. The van der Waals surface area contributed by atoms with Gasteiger partial charge in [-0.25, -0.2) is 4.39 Å². The molecule has 0 atom stereocenters. The van der Waals surface area contributed by atoms with Gasteiger partial charge in [-0.2, -0.15) is 5.26 Å². The van der Waals surface area contributed by atoms with Crippen LogP contribution in [0.4, 0.5) is 4.39 Å². The van der Waals surface area contributed by atoms with Crippen LogP contribution in [-0.2, 0) is 0 Å². The van der Waals surface area contributed by atoms with Crippen LogP contribution in [-0.4, -0.2) is 6.26 Å². The SMILES string of the molecule is CSc1sc2cc(F)ccc2c1C#N. The van der Waals surface area contributed by atoms with Crippen molar-refractivity contribution in [1.29, 1.82) is 5.26 Å². The molecular formula is C10H6FNS2. The van der Waals surface area contributed by atoms with Crippen LogP contribution in [0, 0.1) is 17.1 Å². The van der Waals surface area contributed by atoms with Gasteiger partial charge < -0.3 is 0 Å². The third kappa shape index (κ3) is 1.39. The highest BCUT2D eigenvalue weighted by Crippen LogP contribution is 2.36. The quantitative estimate of drug-likeness (QED) is 0.689. The molecule has 0 aliphatic rings. The lowest BCUT2D eigenvalue weighted by Crippen LogP contribution is -1.74. The Bertz CT molecular complexity index is 525. The van der Waals surface area contributed by atoms with E-state index in [1.54, 1.807) is 6.07 Å². The van der Waals surface area contributed by atoms with Gasteiger partial charge in [0.05, 0.1) is 9.77 Å². The number of rotatable bonds is 1. The molecule has 1 aromatic carbocycles. The van der Waals surface area contributed by atoms with E-state index in [1.165, 1.54) is 35.2 Å². The first-order valence-corrected chi connectivity index (χ1v) is 5.96. The minimum absolute atomic E-state index is 0.254. The topological polar surface area (TPSA) is 23.8 Å². The van der Waals surface area contributed by atoms with Gasteiger partial charge in [0.2, 0.25) is 0 Å². The van der Waals surface area contributed by atoms with Crippen molar-refractivity contribution in [3.8, 4) is 6.07 Å². The lowest BCUT2D eigenvalue weighted by atomic mass is 10.2. The van der Waals surface area contributed by atoms with E-state index >= 15 is 0 Å². The molecule has 0 fully saturated rings. The average Bonchev–Trinajstić information content (AvgIpc) is 2.54. The molecule has 0 saturated carbocycles. The normalized spacial score (nSPS) is 10.4. The number of fused-ring (bicyclic) bond motifs is 1. The Morgan fingerprint density at radius 2 is 2.29 bits per heavy atom.